The van der Waals surface area contributed by atoms with Gasteiger partial charge in [-0.15, -0.1) is 0 Å². The molecule has 4 aromatic rings. The second kappa shape index (κ2) is 7.88. The van der Waals surface area contributed by atoms with Crippen LogP contribution in [0.3, 0.4) is 0 Å². The van der Waals surface area contributed by atoms with Crippen molar-refractivity contribution in [3.63, 3.8) is 0 Å². The summed E-state index contributed by atoms with van der Waals surface area (Å²) in [4.78, 5) is -0.189. The summed E-state index contributed by atoms with van der Waals surface area (Å²) in [5.41, 5.74) is -0.521. The van der Waals surface area contributed by atoms with Gasteiger partial charge in [0.15, 0.2) is 5.69 Å². The van der Waals surface area contributed by atoms with E-state index in [0.717, 1.165) is 16.8 Å². The molecule has 0 aliphatic carbocycles. The molecule has 0 aliphatic heterocycles. The van der Waals surface area contributed by atoms with Gasteiger partial charge in [0.1, 0.15) is 5.82 Å². The second-order valence-electron chi connectivity index (χ2n) is 6.89. The largest absolute Gasteiger partial charge is 0.435 e. The highest BCUT2D eigenvalue weighted by atomic mass is 32.2. The molecule has 2 N–H and O–H groups in total. The van der Waals surface area contributed by atoms with Gasteiger partial charge in [-0.2, -0.15) is 18.3 Å². The summed E-state index contributed by atoms with van der Waals surface area (Å²) >= 11 is 0. The first-order valence-corrected chi connectivity index (χ1v) is 10.7. The van der Waals surface area contributed by atoms with E-state index in [1.54, 1.807) is 18.2 Å². The number of aromatic nitrogens is 2. The average molecular weight is 461 g/mol. The maximum Gasteiger partial charge on any atom is 0.435 e. The van der Waals surface area contributed by atoms with Gasteiger partial charge in [0, 0.05) is 11.1 Å². The molecule has 0 saturated heterocycles. The minimum absolute atomic E-state index is 0.0658. The first-order chi connectivity index (χ1) is 15.1. The standard InChI is InChI=1S/C22H15F4N3O2S/c23-16-8-10-17(11-9-16)29-20(15-6-12-18(13-7-15)32(27,30)31)19(14-4-2-1-3-5-14)21(28-29)22(24,25)26/h1-13H,(H2,27,30,31). The van der Waals surface area contributed by atoms with Gasteiger partial charge in [-0.05, 0) is 42.0 Å². The van der Waals surface area contributed by atoms with Crippen LogP contribution in [-0.2, 0) is 16.2 Å². The molecule has 0 atom stereocenters. The molecule has 1 aromatic heterocycles. The van der Waals surface area contributed by atoms with E-state index in [1.807, 2.05) is 0 Å². The van der Waals surface area contributed by atoms with E-state index < -0.39 is 27.7 Å². The van der Waals surface area contributed by atoms with Crippen molar-refractivity contribution in [3.05, 3.63) is 90.4 Å². The molecule has 4 rings (SSSR count). The zero-order valence-corrected chi connectivity index (χ0v) is 17.0. The maximum absolute atomic E-state index is 14.0. The number of alkyl halides is 3. The Morgan fingerprint density at radius 2 is 1.41 bits per heavy atom. The van der Waals surface area contributed by atoms with Crippen LogP contribution in [0, 0.1) is 5.82 Å². The molecule has 0 bridgehead atoms. The van der Waals surface area contributed by atoms with Gasteiger partial charge >= 0.3 is 6.18 Å². The summed E-state index contributed by atoms with van der Waals surface area (Å²) in [6.45, 7) is 0. The third-order valence-corrected chi connectivity index (χ3v) is 5.67. The Hall–Kier alpha value is -3.50. The van der Waals surface area contributed by atoms with Crippen molar-refractivity contribution in [2.75, 3.05) is 0 Å². The van der Waals surface area contributed by atoms with Crippen molar-refractivity contribution in [2.24, 2.45) is 5.14 Å². The molecular weight excluding hydrogens is 446 g/mol. The maximum atomic E-state index is 14.0. The van der Waals surface area contributed by atoms with E-state index in [-0.39, 0.29) is 33.0 Å². The Labute approximate surface area is 180 Å². The van der Waals surface area contributed by atoms with Gasteiger partial charge in [-0.1, -0.05) is 42.5 Å². The number of rotatable bonds is 4. The van der Waals surface area contributed by atoms with Crippen LogP contribution in [0.1, 0.15) is 5.69 Å². The molecule has 32 heavy (non-hydrogen) atoms. The molecule has 1 heterocycles. The second-order valence-corrected chi connectivity index (χ2v) is 8.46. The normalized spacial score (nSPS) is 12.2. The van der Waals surface area contributed by atoms with Crippen LogP contribution in [0.5, 0.6) is 0 Å². The first kappa shape index (κ1) is 21.7. The number of halogens is 4. The predicted molar refractivity (Wildman–Crippen MR) is 111 cm³/mol. The molecule has 0 spiro atoms. The molecule has 0 saturated carbocycles. The minimum Gasteiger partial charge on any atom is -0.232 e. The Morgan fingerprint density at radius 1 is 0.812 bits per heavy atom. The molecule has 0 radical (unpaired) electrons. The van der Waals surface area contributed by atoms with Crippen molar-refractivity contribution in [1.29, 1.82) is 0 Å². The van der Waals surface area contributed by atoms with E-state index in [0.29, 0.717) is 0 Å². The third kappa shape index (κ3) is 4.14. The Balaban J connectivity index is 2.07. The highest BCUT2D eigenvalue weighted by molar-refractivity contribution is 7.89. The van der Waals surface area contributed by atoms with Crippen LogP contribution in [0.4, 0.5) is 17.6 Å². The third-order valence-electron chi connectivity index (χ3n) is 4.74. The predicted octanol–water partition coefficient (Wildman–Crippen LogP) is 5.01. The zero-order chi connectivity index (χ0) is 23.1. The van der Waals surface area contributed by atoms with Gasteiger partial charge in [0.2, 0.25) is 10.0 Å². The molecule has 5 nitrogen and oxygen atoms in total. The van der Waals surface area contributed by atoms with Gasteiger partial charge < -0.3 is 0 Å². The van der Waals surface area contributed by atoms with Crippen LogP contribution in [0.2, 0.25) is 0 Å². The van der Waals surface area contributed by atoms with Crippen molar-refractivity contribution in [1.82, 2.24) is 9.78 Å². The molecule has 0 amide bonds. The van der Waals surface area contributed by atoms with Crippen molar-refractivity contribution >= 4 is 10.0 Å². The Kier molecular flexibility index (Phi) is 5.35. The van der Waals surface area contributed by atoms with E-state index in [2.05, 4.69) is 5.10 Å². The van der Waals surface area contributed by atoms with Crippen molar-refractivity contribution in [2.45, 2.75) is 11.1 Å². The van der Waals surface area contributed by atoms with E-state index in [9.17, 15) is 26.0 Å². The number of benzene rings is 3. The highest BCUT2D eigenvalue weighted by Crippen LogP contribution is 2.43. The van der Waals surface area contributed by atoms with Crippen LogP contribution in [0.15, 0.2) is 83.8 Å². The highest BCUT2D eigenvalue weighted by Gasteiger charge is 2.40. The lowest BCUT2D eigenvalue weighted by Gasteiger charge is -2.12. The van der Waals surface area contributed by atoms with Crippen molar-refractivity contribution in [3.8, 4) is 28.1 Å². The summed E-state index contributed by atoms with van der Waals surface area (Å²) in [5, 5.41) is 8.96. The number of primary sulfonamides is 1. The topological polar surface area (TPSA) is 78.0 Å². The minimum atomic E-state index is -4.79. The van der Waals surface area contributed by atoms with E-state index in [4.69, 9.17) is 5.14 Å². The Bertz CT molecular complexity index is 1360. The number of nitrogens with two attached hydrogens (primary N) is 1. The van der Waals surface area contributed by atoms with Gasteiger partial charge in [-0.25, -0.2) is 22.6 Å². The number of hydrogen-bond acceptors (Lipinski definition) is 3. The van der Waals surface area contributed by atoms with Crippen molar-refractivity contribution < 1.29 is 26.0 Å². The molecule has 0 unspecified atom stereocenters. The van der Waals surface area contributed by atoms with Crippen LogP contribution >= 0.6 is 0 Å². The van der Waals surface area contributed by atoms with Crippen LogP contribution in [0.25, 0.3) is 28.1 Å². The molecule has 10 heteroatoms. The smallest absolute Gasteiger partial charge is 0.232 e. The Morgan fingerprint density at radius 3 is 1.94 bits per heavy atom. The van der Waals surface area contributed by atoms with E-state index in [1.165, 1.54) is 48.5 Å². The average Bonchev–Trinajstić information content (AvgIpc) is 3.15. The SMILES string of the molecule is NS(=O)(=O)c1ccc(-c2c(-c3ccccc3)c(C(F)(F)F)nn2-c2ccc(F)cc2)cc1. The lowest BCUT2D eigenvalue weighted by Crippen LogP contribution is -2.11. The van der Waals surface area contributed by atoms with Crippen LogP contribution < -0.4 is 5.14 Å². The molecule has 164 valence electrons. The zero-order valence-electron chi connectivity index (χ0n) is 16.2. The molecule has 0 fully saturated rings. The fraction of sp³-hybridized carbons (Fsp3) is 0.0455. The number of nitrogens with zero attached hydrogens (tertiary/aromatic N) is 2. The summed E-state index contributed by atoms with van der Waals surface area (Å²) in [5.74, 6) is -0.556. The quantitative estimate of drug-likeness (QED) is 0.434. The summed E-state index contributed by atoms with van der Waals surface area (Å²) in [6, 6.07) is 17.8. The first-order valence-electron chi connectivity index (χ1n) is 9.20. The van der Waals surface area contributed by atoms with Crippen LogP contribution in [-0.4, -0.2) is 18.2 Å². The lowest BCUT2D eigenvalue weighted by molar-refractivity contribution is -0.140. The monoisotopic (exact) mass is 461 g/mol. The van der Waals surface area contributed by atoms with Gasteiger partial charge in [0.05, 0.1) is 16.3 Å². The fourth-order valence-electron chi connectivity index (χ4n) is 3.33. The molecule has 0 aliphatic rings. The van der Waals surface area contributed by atoms with Gasteiger partial charge in [-0.3, -0.25) is 0 Å². The number of hydrogen-bond donors (Lipinski definition) is 1. The molecular formula is C22H15F4N3O2S. The summed E-state index contributed by atoms with van der Waals surface area (Å²) in [7, 11) is -3.99. The molecule has 3 aromatic carbocycles. The van der Waals surface area contributed by atoms with E-state index >= 15 is 0 Å². The summed E-state index contributed by atoms with van der Waals surface area (Å²) in [6.07, 6.45) is -4.79. The van der Waals surface area contributed by atoms with Gasteiger partial charge in [0.25, 0.3) is 0 Å². The number of sulfonamides is 1. The lowest BCUT2D eigenvalue weighted by atomic mass is 9.98. The fourth-order valence-corrected chi connectivity index (χ4v) is 3.85. The summed E-state index contributed by atoms with van der Waals surface area (Å²) < 4.78 is 79.7.